The van der Waals surface area contributed by atoms with Crippen LogP contribution in [-0.4, -0.2) is 49.6 Å². The van der Waals surface area contributed by atoms with E-state index in [9.17, 15) is 4.79 Å². The van der Waals surface area contributed by atoms with E-state index in [-0.39, 0.29) is 11.4 Å². The Morgan fingerprint density at radius 1 is 1.05 bits per heavy atom. The molecule has 22 heavy (non-hydrogen) atoms. The van der Waals surface area contributed by atoms with Crippen molar-refractivity contribution < 1.29 is 4.79 Å². The first kappa shape index (κ1) is 18.7. The highest BCUT2D eigenvalue weighted by molar-refractivity contribution is 5.94. The number of benzene rings is 1. The molecule has 1 rings (SSSR count). The van der Waals surface area contributed by atoms with E-state index in [1.165, 1.54) is 0 Å². The van der Waals surface area contributed by atoms with E-state index in [1.807, 2.05) is 30.3 Å². The van der Waals surface area contributed by atoms with Gasteiger partial charge in [-0.25, -0.2) is 0 Å². The Bertz CT molecular complexity index is 426. The second-order valence-corrected chi connectivity index (χ2v) is 6.81. The number of nitrogens with zero attached hydrogens (tertiary/aromatic N) is 1. The fourth-order valence-electron chi connectivity index (χ4n) is 2.17. The minimum Gasteiger partial charge on any atom is -0.352 e. The van der Waals surface area contributed by atoms with Crippen molar-refractivity contribution in [1.29, 1.82) is 0 Å². The predicted octanol–water partition coefficient (Wildman–Crippen LogP) is 2.52. The van der Waals surface area contributed by atoms with Crippen molar-refractivity contribution in [3.8, 4) is 0 Å². The minimum absolute atomic E-state index is 0.0117. The zero-order chi connectivity index (χ0) is 16.4. The van der Waals surface area contributed by atoms with Crippen LogP contribution >= 0.6 is 0 Å². The molecule has 0 fully saturated rings. The number of carbonyl (C=O) groups excluding carboxylic acids is 1. The first-order chi connectivity index (χ1) is 10.4. The van der Waals surface area contributed by atoms with Crippen molar-refractivity contribution in [3.63, 3.8) is 0 Å². The molecule has 0 aliphatic heterocycles. The van der Waals surface area contributed by atoms with Gasteiger partial charge in [0.2, 0.25) is 0 Å². The van der Waals surface area contributed by atoms with Gasteiger partial charge in [0.05, 0.1) is 0 Å². The number of carbonyl (C=O) groups is 1. The predicted molar refractivity (Wildman–Crippen MR) is 93.3 cm³/mol. The Morgan fingerprint density at radius 3 is 2.23 bits per heavy atom. The lowest BCUT2D eigenvalue weighted by Crippen LogP contribution is -2.37. The Balaban J connectivity index is 2.05. The maximum absolute atomic E-state index is 11.9. The van der Waals surface area contributed by atoms with E-state index in [1.54, 1.807) is 0 Å². The minimum atomic E-state index is 0.0117. The topological polar surface area (TPSA) is 44.4 Å². The SMILES string of the molecule is CN(CCCNC(=O)c1ccccc1)CCCNC(C)(C)C. The fraction of sp³-hybridized carbons (Fsp3) is 0.611. The van der Waals surface area contributed by atoms with E-state index in [0.29, 0.717) is 0 Å². The van der Waals surface area contributed by atoms with Crippen molar-refractivity contribution in [2.75, 3.05) is 33.2 Å². The molecule has 0 atom stereocenters. The molecule has 4 nitrogen and oxygen atoms in total. The van der Waals surface area contributed by atoms with E-state index in [0.717, 1.165) is 44.6 Å². The molecule has 0 spiro atoms. The summed E-state index contributed by atoms with van der Waals surface area (Å²) in [6.45, 7) is 10.4. The maximum Gasteiger partial charge on any atom is 0.251 e. The molecule has 1 aromatic rings. The smallest absolute Gasteiger partial charge is 0.251 e. The van der Waals surface area contributed by atoms with Crippen LogP contribution in [-0.2, 0) is 0 Å². The molecule has 0 unspecified atom stereocenters. The van der Waals surface area contributed by atoms with E-state index in [2.05, 4.69) is 43.4 Å². The highest BCUT2D eigenvalue weighted by atomic mass is 16.1. The monoisotopic (exact) mass is 305 g/mol. The molecule has 0 bridgehead atoms. The number of amides is 1. The van der Waals surface area contributed by atoms with Crippen LogP contribution in [0.25, 0.3) is 0 Å². The molecular weight excluding hydrogens is 274 g/mol. The summed E-state index contributed by atoms with van der Waals surface area (Å²) >= 11 is 0. The molecule has 0 aliphatic carbocycles. The molecule has 0 saturated heterocycles. The Labute approximate surface area is 135 Å². The van der Waals surface area contributed by atoms with Crippen LogP contribution in [0.4, 0.5) is 0 Å². The number of nitrogens with one attached hydrogen (secondary N) is 2. The van der Waals surface area contributed by atoms with Gasteiger partial charge in [0.15, 0.2) is 0 Å². The molecule has 1 aromatic carbocycles. The van der Waals surface area contributed by atoms with E-state index < -0.39 is 0 Å². The molecule has 4 heteroatoms. The van der Waals surface area contributed by atoms with Gasteiger partial charge in [-0.2, -0.15) is 0 Å². The molecule has 0 aromatic heterocycles. The third-order valence-electron chi connectivity index (χ3n) is 3.41. The van der Waals surface area contributed by atoms with E-state index >= 15 is 0 Å². The maximum atomic E-state index is 11.9. The summed E-state index contributed by atoms with van der Waals surface area (Å²) in [5.74, 6) is 0.0117. The van der Waals surface area contributed by atoms with Gasteiger partial charge in [0, 0.05) is 17.6 Å². The van der Waals surface area contributed by atoms with Gasteiger partial charge in [-0.05, 0) is 72.4 Å². The van der Waals surface area contributed by atoms with Crippen molar-refractivity contribution in [3.05, 3.63) is 35.9 Å². The summed E-state index contributed by atoms with van der Waals surface area (Å²) in [6.07, 6.45) is 2.12. The molecule has 0 radical (unpaired) electrons. The van der Waals surface area contributed by atoms with Crippen molar-refractivity contribution in [2.45, 2.75) is 39.2 Å². The van der Waals surface area contributed by atoms with E-state index in [4.69, 9.17) is 0 Å². The molecule has 1 amide bonds. The Morgan fingerprint density at radius 2 is 1.64 bits per heavy atom. The summed E-state index contributed by atoms with van der Waals surface area (Å²) in [6, 6.07) is 9.36. The molecule has 124 valence electrons. The standard InChI is InChI=1S/C18H31N3O/c1-18(2,3)20-13-9-15-21(4)14-8-12-19-17(22)16-10-6-5-7-11-16/h5-7,10-11,20H,8-9,12-15H2,1-4H3,(H,19,22). The normalized spacial score (nSPS) is 11.7. The first-order valence-electron chi connectivity index (χ1n) is 8.15. The van der Waals surface area contributed by atoms with Crippen LogP contribution in [0.15, 0.2) is 30.3 Å². The zero-order valence-electron chi connectivity index (χ0n) is 14.5. The van der Waals surface area contributed by atoms with Crippen molar-refractivity contribution in [2.24, 2.45) is 0 Å². The van der Waals surface area contributed by atoms with Crippen LogP contribution in [0.3, 0.4) is 0 Å². The van der Waals surface area contributed by atoms with Gasteiger partial charge < -0.3 is 15.5 Å². The third kappa shape index (κ3) is 8.80. The Hall–Kier alpha value is -1.39. The summed E-state index contributed by atoms with van der Waals surface area (Å²) < 4.78 is 0. The number of hydrogen-bond acceptors (Lipinski definition) is 3. The molecule has 0 heterocycles. The van der Waals surface area contributed by atoms with Crippen LogP contribution in [0.1, 0.15) is 44.0 Å². The van der Waals surface area contributed by atoms with Crippen LogP contribution < -0.4 is 10.6 Å². The molecule has 0 aliphatic rings. The number of rotatable bonds is 9. The van der Waals surface area contributed by atoms with Gasteiger partial charge in [-0.3, -0.25) is 4.79 Å². The Kier molecular flexibility index (Phi) is 8.13. The quantitative estimate of drug-likeness (QED) is 0.689. The van der Waals surface area contributed by atoms with Crippen molar-refractivity contribution >= 4 is 5.91 Å². The largest absolute Gasteiger partial charge is 0.352 e. The van der Waals surface area contributed by atoms with Gasteiger partial charge in [0.1, 0.15) is 0 Å². The highest BCUT2D eigenvalue weighted by Crippen LogP contribution is 1.99. The van der Waals surface area contributed by atoms with Crippen LogP contribution in [0.2, 0.25) is 0 Å². The average molecular weight is 305 g/mol. The van der Waals surface area contributed by atoms with Gasteiger partial charge in [0.25, 0.3) is 5.91 Å². The molecule has 2 N–H and O–H groups in total. The first-order valence-corrected chi connectivity index (χ1v) is 8.15. The lowest BCUT2D eigenvalue weighted by atomic mass is 10.1. The summed E-state index contributed by atoms with van der Waals surface area (Å²) in [7, 11) is 2.14. The van der Waals surface area contributed by atoms with Crippen LogP contribution in [0.5, 0.6) is 0 Å². The van der Waals surface area contributed by atoms with Gasteiger partial charge in [-0.1, -0.05) is 18.2 Å². The number of hydrogen-bond donors (Lipinski definition) is 2. The summed E-state index contributed by atoms with van der Waals surface area (Å²) in [5.41, 5.74) is 0.921. The van der Waals surface area contributed by atoms with Gasteiger partial charge in [-0.15, -0.1) is 0 Å². The lowest BCUT2D eigenvalue weighted by molar-refractivity contribution is 0.0952. The second-order valence-electron chi connectivity index (χ2n) is 6.81. The average Bonchev–Trinajstić information content (AvgIpc) is 2.48. The van der Waals surface area contributed by atoms with Crippen LogP contribution in [0, 0.1) is 0 Å². The fourth-order valence-corrected chi connectivity index (χ4v) is 2.17. The van der Waals surface area contributed by atoms with Gasteiger partial charge >= 0.3 is 0 Å². The highest BCUT2D eigenvalue weighted by Gasteiger charge is 2.08. The summed E-state index contributed by atoms with van der Waals surface area (Å²) in [4.78, 5) is 14.2. The molecular formula is C18H31N3O. The summed E-state index contributed by atoms with van der Waals surface area (Å²) in [5, 5.41) is 6.46. The third-order valence-corrected chi connectivity index (χ3v) is 3.41. The molecule has 0 saturated carbocycles. The lowest BCUT2D eigenvalue weighted by Gasteiger charge is -2.22. The van der Waals surface area contributed by atoms with Crippen molar-refractivity contribution in [1.82, 2.24) is 15.5 Å². The zero-order valence-corrected chi connectivity index (χ0v) is 14.5. The second kappa shape index (κ2) is 9.59.